The van der Waals surface area contributed by atoms with Gasteiger partial charge in [0.2, 0.25) is 12.5 Å². The Morgan fingerprint density at radius 2 is 1.66 bits per heavy atom. The van der Waals surface area contributed by atoms with Gasteiger partial charge in [0.05, 0.1) is 39.5 Å². The molecule has 0 unspecified atom stereocenters. The monoisotopic (exact) mass is 616 g/mol. The number of methoxy groups -OCH3 is 2. The molecule has 5 aliphatic rings. The summed E-state index contributed by atoms with van der Waals surface area (Å²) in [7, 11) is 2.89. The maximum Gasteiger partial charge on any atom is 0.310 e. The van der Waals surface area contributed by atoms with E-state index in [1.807, 2.05) is 19.1 Å². The van der Waals surface area contributed by atoms with E-state index in [4.69, 9.17) is 47.4 Å². The predicted molar refractivity (Wildman–Crippen MR) is 148 cm³/mol. The van der Waals surface area contributed by atoms with Crippen molar-refractivity contribution >= 4 is 5.97 Å². The summed E-state index contributed by atoms with van der Waals surface area (Å²) in [4.78, 5) is 13.5. The van der Waals surface area contributed by atoms with Gasteiger partial charge in [0, 0.05) is 18.4 Å². The molecule has 2 aromatic rings. The van der Waals surface area contributed by atoms with Crippen molar-refractivity contribution in [1.29, 1.82) is 0 Å². The van der Waals surface area contributed by atoms with Crippen LogP contribution in [-0.2, 0) is 33.2 Å². The Labute approximate surface area is 253 Å². The number of hydrogen-bond donors (Lipinski definition) is 2. The highest BCUT2D eigenvalue weighted by Gasteiger charge is 2.56. The molecule has 4 heterocycles. The van der Waals surface area contributed by atoms with E-state index in [0.717, 1.165) is 11.1 Å². The lowest BCUT2D eigenvalue weighted by Crippen LogP contribution is -2.64. The van der Waals surface area contributed by atoms with Gasteiger partial charge in [0.1, 0.15) is 24.4 Å². The Morgan fingerprint density at radius 3 is 2.34 bits per heavy atom. The van der Waals surface area contributed by atoms with E-state index < -0.39 is 66.8 Å². The van der Waals surface area contributed by atoms with Gasteiger partial charge in [-0.1, -0.05) is 0 Å². The topological polar surface area (TPSA) is 150 Å². The van der Waals surface area contributed by atoms with Crippen LogP contribution in [0.5, 0.6) is 28.7 Å². The van der Waals surface area contributed by atoms with Crippen molar-refractivity contribution in [1.82, 2.24) is 0 Å². The van der Waals surface area contributed by atoms with Crippen molar-refractivity contribution in [2.45, 2.75) is 62.9 Å². The number of aliphatic hydroxyl groups is 1. The number of benzene rings is 2. The molecule has 0 radical (unpaired) electrons. The van der Waals surface area contributed by atoms with Crippen LogP contribution in [-0.4, -0.2) is 94.0 Å². The van der Waals surface area contributed by atoms with E-state index in [9.17, 15) is 15.0 Å². The number of hydrogen-bond acceptors (Lipinski definition) is 13. The number of esters is 1. The lowest BCUT2D eigenvalue weighted by Gasteiger charge is -2.48. The molecule has 3 fully saturated rings. The maximum absolute atomic E-state index is 13.5. The summed E-state index contributed by atoms with van der Waals surface area (Å²) in [5, 5.41) is 22.0. The zero-order valence-electron chi connectivity index (χ0n) is 24.8. The van der Waals surface area contributed by atoms with Crippen LogP contribution in [0.25, 0.3) is 0 Å². The van der Waals surface area contributed by atoms with Crippen molar-refractivity contribution in [3.05, 3.63) is 41.0 Å². The molecule has 0 amide bonds. The minimum absolute atomic E-state index is 0.0516. The van der Waals surface area contributed by atoms with Crippen molar-refractivity contribution in [2.24, 2.45) is 11.8 Å². The van der Waals surface area contributed by atoms with Gasteiger partial charge in [-0.3, -0.25) is 4.79 Å². The van der Waals surface area contributed by atoms with Gasteiger partial charge >= 0.3 is 5.97 Å². The molecular formula is C31H36O13. The molecule has 13 heteroatoms. The number of carbonyl (C=O) groups is 1. The SMILES string of the molecule is CCO[C@H]1[C@H](O[C@@H]2c3cc4c(cc3[C@@H](c3cc(OC)c(O)c(OC)c3)[C@H]3C(=O)OC[C@@H]32)OCO4)O[C@@H]2CO[C@@H](C)O[C@H]2[C@@H]1O. The molecule has 1 aliphatic carbocycles. The Morgan fingerprint density at radius 1 is 0.955 bits per heavy atom. The third-order valence-corrected chi connectivity index (χ3v) is 9.08. The number of ether oxygens (including phenoxy) is 10. The normalized spacial score (nSPS) is 35.3. The van der Waals surface area contributed by atoms with Crippen LogP contribution in [0, 0.1) is 11.8 Å². The first kappa shape index (κ1) is 29.4. The van der Waals surface area contributed by atoms with E-state index in [2.05, 4.69) is 0 Å². The van der Waals surface area contributed by atoms with E-state index in [0.29, 0.717) is 23.7 Å². The molecule has 0 saturated carbocycles. The van der Waals surface area contributed by atoms with Crippen LogP contribution < -0.4 is 18.9 Å². The second kappa shape index (κ2) is 11.5. The highest BCUT2D eigenvalue weighted by molar-refractivity contribution is 5.79. The summed E-state index contributed by atoms with van der Waals surface area (Å²) < 4.78 is 58.6. The van der Waals surface area contributed by atoms with Gasteiger partial charge in [-0.2, -0.15) is 0 Å². The van der Waals surface area contributed by atoms with E-state index >= 15 is 0 Å². The summed E-state index contributed by atoms with van der Waals surface area (Å²) in [6.45, 7) is 4.24. The lowest BCUT2D eigenvalue weighted by atomic mass is 9.66. The second-order valence-corrected chi connectivity index (χ2v) is 11.4. The average Bonchev–Trinajstić information content (AvgIpc) is 3.65. The summed E-state index contributed by atoms with van der Waals surface area (Å²) in [6, 6.07) is 7.09. The van der Waals surface area contributed by atoms with Crippen molar-refractivity contribution in [3.8, 4) is 28.7 Å². The summed E-state index contributed by atoms with van der Waals surface area (Å²) in [6.07, 6.45) is -5.40. The second-order valence-electron chi connectivity index (χ2n) is 11.4. The van der Waals surface area contributed by atoms with Crippen molar-refractivity contribution in [2.75, 3.05) is 40.8 Å². The molecule has 7 rings (SSSR count). The smallest absolute Gasteiger partial charge is 0.310 e. The van der Waals surface area contributed by atoms with Gasteiger partial charge in [-0.15, -0.1) is 0 Å². The van der Waals surface area contributed by atoms with E-state index in [1.54, 1.807) is 19.1 Å². The first-order valence-corrected chi connectivity index (χ1v) is 14.8. The number of phenols is 1. The predicted octanol–water partition coefficient (Wildman–Crippen LogP) is 2.38. The van der Waals surface area contributed by atoms with Crippen LogP contribution in [0.1, 0.15) is 42.6 Å². The van der Waals surface area contributed by atoms with Crippen LogP contribution in [0.4, 0.5) is 0 Å². The Bertz CT molecular complexity index is 1390. The van der Waals surface area contributed by atoms with Crippen LogP contribution in [0.3, 0.4) is 0 Å². The van der Waals surface area contributed by atoms with Gasteiger partial charge in [0.15, 0.2) is 35.6 Å². The standard InChI is InChI=1S/C31H36O13/c1-5-37-29-26(33)28-22(11-38-13(2)42-28)43-31(29)44-27-16-9-19-18(40-12-41-19)8-15(16)23(24-17(27)10-39-30(24)34)14-6-20(35-3)25(32)21(7-14)36-4/h6-9,13,17,22-24,26-29,31-33H,5,10-12H2,1-4H3/t13-,17+,22-,23-,24+,26+,27-,28-,29-,31+/m1/s1. The van der Waals surface area contributed by atoms with E-state index in [-0.39, 0.29) is 37.3 Å². The molecule has 44 heavy (non-hydrogen) atoms. The largest absolute Gasteiger partial charge is 0.502 e. The highest BCUT2D eigenvalue weighted by Crippen LogP contribution is 2.57. The molecular weight excluding hydrogens is 580 g/mol. The third kappa shape index (κ3) is 4.73. The van der Waals surface area contributed by atoms with Crippen LogP contribution in [0.2, 0.25) is 0 Å². The molecule has 0 bridgehead atoms. The summed E-state index contributed by atoms with van der Waals surface area (Å²) >= 11 is 0. The molecule has 13 nitrogen and oxygen atoms in total. The summed E-state index contributed by atoms with van der Waals surface area (Å²) in [5.41, 5.74) is 2.16. The molecule has 10 atom stereocenters. The minimum Gasteiger partial charge on any atom is -0.502 e. The fourth-order valence-electron chi connectivity index (χ4n) is 7.09. The fraction of sp³-hybridized carbons (Fsp3) is 0.581. The van der Waals surface area contributed by atoms with E-state index in [1.165, 1.54) is 14.2 Å². The number of cyclic esters (lactones) is 1. The average molecular weight is 617 g/mol. The Hall–Kier alpha value is -3.33. The van der Waals surface area contributed by atoms with Gasteiger partial charge in [0.25, 0.3) is 0 Å². The highest BCUT2D eigenvalue weighted by atomic mass is 16.8. The first-order chi connectivity index (χ1) is 21.3. The fourth-order valence-corrected chi connectivity index (χ4v) is 7.09. The molecule has 2 aromatic carbocycles. The maximum atomic E-state index is 13.5. The zero-order valence-corrected chi connectivity index (χ0v) is 24.8. The van der Waals surface area contributed by atoms with Gasteiger partial charge < -0.3 is 57.6 Å². The minimum atomic E-state index is -1.05. The Kier molecular flexibility index (Phi) is 7.71. The number of carbonyl (C=O) groups excluding carboxylic acids is 1. The summed E-state index contributed by atoms with van der Waals surface area (Å²) in [5.74, 6) is -0.737. The number of aromatic hydroxyl groups is 1. The van der Waals surface area contributed by atoms with Gasteiger partial charge in [-0.05, 0) is 54.8 Å². The molecule has 2 N–H and O–H groups in total. The van der Waals surface area contributed by atoms with Crippen LogP contribution >= 0.6 is 0 Å². The number of rotatable bonds is 7. The molecule has 4 aliphatic heterocycles. The van der Waals surface area contributed by atoms with Gasteiger partial charge in [-0.25, -0.2) is 0 Å². The Balaban J connectivity index is 1.33. The molecule has 238 valence electrons. The number of phenolic OH excluding ortho intramolecular Hbond substituents is 1. The molecule has 0 spiro atoms. The third-order valence-electron chi connectivity index (χ3n) is 9.08. The van der Waals surface area contributed by atoms with Crippen molar-refractivity contribution < 1.29 is 62.4 Å². The number of fused-ring (bicyclic) bond motifs is 4. The van der Waals surface area contributed by atoms with Crippen molar-refractivity contribution in [3.63, 3.8) is 0 Å². The molecule has 3 saturated heterocycles. The quantitative estimate of drug-likeness (QED) is 0.439. The first-order valence-electron chi connectivity index (χ1n) is 14.8. The lowest BCUT2D eigenvalue weighted by molar-refractivity contribution is -0.369. The zero-order chi connectivity index (χ0) is 30.7. The molecule has 0 aromatic heterocycles. The number of aliphatic hydroxyl groups excluding tert-OH is 1. The van der Waals surface area contributed by atoms with Crippen LogP contribution in [0.15, 0.2) is 24.3 Å².